The van der Waals surface area contributed by atoms with Crippen molar-refractivity contribution in [1.29, 1.82) is 0 Å². The Labute approximate surface area is 145 Å². The second kappa shape index (κ2) is 5.70. The van der Waals surface area contributed by atoms with Crippen LogP contribution >= 0.6 is 0 Å². The van der Waals surface area contributed by atoms with E-state index in [0.717, 1.165) is 39.1 Å². The molecule has 0 bridgehead atoms. The standard InChI is InChI=1S/C18H19N7/c1-10(2)25-9-14(15-4-5-20-18(19)23-15)16(24-25)12-6-13-11(3)7-21-17(13)22-8-12/h4-10H,1-3H3,(H,21,22)(H2,19,20,23). The van der Waals surface area contributed by atoms with Gasteiger partial charge in [0.2, 0.25) is 5.95 Å². The van der Waals surface area contributed by atoms with E-state index < -0.39 is 0 Å². The molecule has 0 atom stereocenters. The third-order valence-corrected chi connectivity index (χ3v) is 4.22. The van der Waals surface area contributed by atoms with Crippen molar-refractivity contribution in [1.82, 2.24) is 29.7 Å². The Morgan fingerprint density at radius 3 is 2.84 bits per heavy atom. The normalized spacial score (nSPS) is 11.5. The van der Waals surface area contributed by atoms with E-state index in [9.17, 15) is 0 Å². The van der Waals surface area contributed by atoms with Gasteiger partial charge in [-0.05, 0) is 38.5 Å². The fraction of sp³-hybridized carbons (Fsp3) is 0.222. The maximum Gasteiger partial charge on any atom is 0.220 e. The predicted molar refractivity (Wildman–Crippen MR) is 97.9 cm³/mol. The first kappa shape index (κ1) is 15.3. The van der Waals surface area contributed by atoms with E-state index in [0.29, 0.717) is 0 Å². The van der Waals surface area contributed by atoms with Crippen LogP contribution in [0.1, 0.15) is 25.5 Å². The summed E-state index contributed by atoms with van der Waals surface area (Å²) in [4.78, 5) is 16.0. The molecule has 126 valence electrons. The summed E-state index contributed by atoms with van der Waals surface area (Å²) < 4.78 is 1.93. The van der Waals surface area contributed by atoms with Crippen molar-refractivity contribution in [3.8, 4) is 22.5 Å². The third kappa shape index (κ3) is 2.63. The minimum absolute atomic E-state index is 0.234. The minimum atomic E-state index is 0.234. The zero-order valence-electron chi connectivity index (χ0n) is 14.4. The number of hydrogen-bond donors (Lipinski definition) is 2. The molecule has 0 spiro atoms. The van der Waals surface area contributed by atoms with Crippen LogP contribution in [0.2, 0.25) is 0 Å². The van der Waals surface area contributed by atoms with Gasteiger partial charge < -0.3 is 10.7 Å². The van der Waals surface area contributed by atoms with Crippen molar-refractivity contribution in [2.75, 3.05) is 5.73 Å². The van der Waals surface area contributed by atoms with Gasteiger partial charge in [-0.25, -0.2) is 15.0 Å². The van der Waals surface area contributed by atoms with Gasteiger partial charge in [0.25, 0.3) is 0 Å². The third-order valence-electron chi connectivity index (χ3n) is 4.22. The number of aromatic amines is 1. The number of nitrogen functional groups attached to an aromatic ring is 1. The summed E-state index contributed by atoms with van der Waals surface area (Å²) >= 11 is 0. The lowest BCUT2D eigenvalue weighted by Crippen LogP contribution is -2.00. The average Bonchev–Trinajstić information content (AvgIpc) is 3.19. The van der Waals surface area contributed by atoms with Crippen LogP contribution in [-0.2, 0) is 0 Å². The van der Waals surface area contributed by atoms with Crippen LogP contribution in [-0.4, -0.2) is 29.7 Å². The van der Waals surface area contributed by atoms with E-state index in [2.05, 4.69) is 46.8 Å². The van der Waals surface area contributed by atoms with Crippen LogP contribution in [0.25, 0.3) is 33.5 Å². The van der Waals surface area contributed by atoms with Crippen LogP contribution in [0, 0.1) is 6.92 Å². The molecule has 0 saturated heterocycles. The van der Waals surface area contributed by atoms with Gasteiger partial charge in [0.15, 0.2) is 0 Å². The van der Waals surface area contributed by atoms with Gasteiger partial charge in [0, 0.05) is 47.3 Å². The minimum Gasteiger partial charge on any atom is -0.368 e. The number of hydrogen-bond acceptors (Lipinski definition) is 5. The highest BCUT2D eigenvalue weighted by atomic mass is 15.3. The van der Waals surface area contributed by atoms with Gasteiger partial charge in [0.1, 0.15) is 11.3 Å². The van der Waals surface area contributed by atoms with Crippen molar-refractivity contribution in [2.45, 2.75) is 26.8 Å². The van der Waals surface area contributed by atoms with Crippen molar-refractivity contribution in [2.24, 2.45) is 0 Å². The molecule has 0 unspecified atom stereocenters. The second-order valence-electron chi connectivity index (χ2n) is 6.36. The number of nitrogens with zero attached hydrogens (tertiary/aromatic N) is 5. The molecule has 0 aliphatic rings. The number of aromatic nitrogens is 6. The summed E-state index contributed by atoms with van der Waals surface area (Å²) in [5.74, 6) is 0.246. The van der Waals surface area contributed by atoms with Crippen LogP contribution < -0.4 is 5.73 Å². The van der Waals surface area contributed by atoms with Crippen LogP contribution in [0.15, 0.2) is 36.9 Å². The second-order valence-corrected chi connectivity index (χ2v) is 6.36. The lowest BCUT2D eigenvalue weighted by Gasteiger charge is -2.04. The number of rotatable bonds is 3. The Kier molecular flexibility index (Phi) is 3.49. The predicted octanol–water partition coefficient (Wildman–Crippen LogP) is 3.35. The average molecular weight is 333 g/mol. The van der Waals surface area contributed by atoms with Gasteiger partial charge in [-0.2, -0.15) is 5.10 Å². The summed E-state index contributed by atoms with van der Waals surface area (Å²) in [6.45, 7) is 6.24. The van der Waals surface area contributed by atoms with Crippen LogP contribution in [0.5, 0.6) is 0 Å². The smallest absolute Gasteiger partial charge is 0.220 e. The molecule has 4 rings (SSSR count). The van der Waals surface area contributed by atoms with E-state index in [-0.39, 0.29) is 12.0 Å². The highest BCUT2D eigenvalue weighted by Gasteiger charge is 2.17. The van der Waals surface area contributed by atoms with E-state index >= 15 is 0 Å². The number of nitrogens with one attached hydrogen (secondary N) is 1. The largest absolute Gasteiger partial charge is 0.368 e. The molecular formula is C18H19N7. The molecule has 7 nitrogen and oxygen atoms in total. The Morgan fingerprint density at radius 2 is 2.08 bits per heavy atom. The number of H-pyrrole nitrogens is 1. The first-order valence-corrected chi connectivity index (χ1v) is 8.15. The first-order chi connectivity index (χ1) is 12.0. The van der Waals surface area contributed by atoms with Crippen molar-refractivity contribution < 1.29 is 0 Å². The molecule has 0 aliphatic heterocycles. The summed E-state index contributed by atoms with van der Waals surface area (Å²) in [6.07, 6.45) is 7.45. The molecular weight excluding hydrogens is 314 g/mol. The van der Waals surface area contributed by atoms with Gasteiger partial charge in [-0.3, -0.25) is 4.68 Å². The fourth-order valence-corrected chi connectivity index (χ4v) is 2.84. The Morgan fingerprint density at radius 1 is 1.24 bits per heavy atom. The maximum atomic E-state index is 5.77. The summed E-state index contributed by atoms with van der Waals surface area (Å²) in [6, 6.07) is 4.18. The summed E-state index contributed by atoms with van der Waals surface area (Å²) in [5.41, 5.74) is 11.2. The molecule has 0 aromatic carbocycles. The van der Waals surface area contributed by atoms with Gasteiger partial charge in [-0.15, -0.1) is 0 Å². The van der Waals surface area contributed by atoms with Crippen molar-refractivity contribution in [3.63, 3.8) is 0 Å². The van der Waals surface area contributed by atoms with E-state index in [1.165, 1.54) is 0 Å². The molecule has 0 aliphatic carbocycles. The number of pyridine rings is 1. The summed E-state index contributed by atoms with van der Waals surface area (Å²) in [7, 11) is 0. The number of anilines is 1. The number of fused-ring (bicyclic) bond motifs is 1. The summed E-state index contributed by atoms with van der Waals surface area (Å²) in [5, 5.41) is 5.86. The molecule has 7 heteroatoms. The fourth-order valence-electron chi connectivity index (χ4n) is 2.84. The SMILES string of the molecule is Cc1c[nH]c2ncc(-c3nn(C(C)C)cc3-c3ccnc(N)n3)cc12. The quantitative estimate of drug-likeness (QED) is 0.599. The van der Waals surface area contributed by atoms with Gasteiger partial charge in [-0.1, -0.05) is 0 Å². The zero-order chi connectivity index (χ0) is 17.6. The Bertz CT molecular complexity index is 1060. The van der Waals surface area contributed by atoms with E-state index in [4.69, 9.17) is 10.8 Å². The molecule has 3 N–H and O–H groups in total. The molecule has 4 aromatic rings. The van der Waals surface area contributed by atoms with Crippen molar-refractivity contribution in [3.05, 3.63) is 42.5 Å². The highest BCUT2D eigenvalue weighted by molar-refractivity contribution is 5.87. The van der Waals surface area contributed by atoms with Gasteiger partial charge in [0.05, 0.1) is 5.69 Å². The van der Waals surface area contributed by atoms with Crippen molar-refractivity contribution >= 4 is 17.0 Å². The zero-order valence-corrected chi connectivity index (χ0v) is 14.4. The molecule has 0 saturated carbocycles. The molecule has 25 heavy (non-hydrogen) atoms. The van der Waals surface area contributed by atoms with E-state index in [1.54, 1.807) is 6.20 Å². The molecule has 0 fully saturated rings. The molecule has 4 aromatic heterocycles. The Hall–Kier alpha value is -3.22. The topological polar surface area (TPSA) is 98.3 Å². The molecule has 0 amide bonds. The Balaban J connectivity index is 1.94. The number of nitrogens with two attached hydrogens (primary N) is 1. The number of aryl methyl sites for hydroxylation is 1. The van der Waals surface area contributed by atoms with Crippen LogP contribution in [0.4, 0.5) is 5.95 Å². The monoisotopic (exact) mass is 333 g/mol. The van der Waals surface area contributed by atoms with E-state index in [1.807, 2.05) is 29.3 Å². The highest BCUT2D eigenvalue weighted by Crippen LogP contribution is 2.32. The van der Waals surface area contributed by atoms with Crippen LogP contribution in [0.3, 0.4) is 0 Å². The lowest BCUT2D eigenvalue weighted by atomic mass is 10.1. The molecule has 4 heterocycles. The lowest BCUT2D eigenvalue weighted by molar-refractivity contribution is 0.534. The first-order valence-electron chi connectivity index (χ1n) is 8.15. The maximum absolute atomic E-state index is 5.77. The van der Waals surface area contributed by atoms with Gasteiger partial charge >= 0.3 is 0 Å². The molecule has 0 radical (unpaired) electrons.